The minimum Gasteiger partial charge on any atom is -0.507 e. The summed E-state index contributed by atoms with van der Waals surface area (Å²) in [7, 11) is 0. The standard InChI is InChI=1S/C18H24O2/c1-11-7-12(10-19)16(20)14(8-11)15-9-13-5-6-18(15,4)17(13,2)3/h7-8,10,13,15,20H,5-6,9H2,1-4H3/t13-,15-,18+/m0/s1. The van der Waals surface area contributed by atoms with Crippen molar-refractivity contribution in [3.63, 3.8) is 0 Å². The first-order valence-electron chi connectivity index (χ1n) is 7.60. The third-order valence-electron chi connectivity index (χ3n) is 6.61. The van der Waals surface area contributed by atoms with Gasteiger partial charge in [0.2, 0.25) is 0 Å². The molecule has 1 aromatic carbocycles. The van der Waals surface area contributed by atoms with Crippen molar-refractivity contribution in [1.82, 2.24) is 0 Å². The Morgan fingerprint density at radius 2 is 2.00 bits per heavy atom. The summed E-state index contributed by atoms with van der Waals surface area (Å²) in [6.07, 6.45) is 4.43. The molecule has 0 heterocycles. The maximum atomic E-state index is 11.2. The van der Waals surface area contributed by atoms with E-state index in [4.69, 9.17) is 0 Å². The van der Waals surface area contributed by atoms with E-state index >= 15 is 0 Å². The zero-order chi connectivity index (χ0) is 14.7. The van der Waals surface area contributed by atoms with Crippen molar-refractivity contribution in [2.24, 2.45) is 16.7 Å². The van der Waals surface area contributed by atoms with Gasteiger partial charge in [0.15, 0.2) is 6.29 Å². The van der Waals surface area contributed by atoms with Crippen LogP contribution in [0.4, 0.5) is 0 Å². The first-order chi connectivity index (χ1) is 9.31. The van der Waals surface area contributed by atoms with Gasteiger partial charge in [-0.15, -0.1) is 0 Å². The molecule has 2 fully saturated rings. The van der Waals surface area contributed by atoms with Gasteiger partial charge in [0.1, 0.15) is 5.75 Å². The summed E-state index contributed by atoms with van der Waals surface area (Å²) < 4.78 is 0. The van der Waals surface area contributed by atoms with Gasteiger partial charge in [-0.3, -0.25) is 4.79 Å². The molecular formula is C18H24O2. The summed E-state index contributed by atoms with van der Waals surface area (Å²) in [5, 5.41) is 10.5. The Hall–Kier alpha value is -1.31. The number of aromatic hydroxyl groups is 1. The quantitative estimate of drug-likeness (QED) is 0.808. The Labute approximate surface area is 121 Å². The minimum atomic E-state index is 0.208. The number of aryl methyl sites for hydroxylation is 1. The number of phenolic OH excluding ortho intramolecular Hbond substituents is 1. The van der Waals surface area contributed by atoms with E-state index in [1.807, 2.05) is 6.92 Å². The molecular weight excluding hydrogens is 248 g/mol. The first kappa shape index (κ1) is 13.7. The zero-order valence-electron chi connectivity index (χ0n) is 12.9. The summed E-state index contributed by atoms with van der Waals surface area (Å²) in [5.74, 6) is 1.31. The molecule has 20 heavy (non-hydrogen) atoms. The van der Waals surface area contributed by atoms with Gasteiger partial charge in [-0.1, -0.05) is 26.8 Å². The highest BCUT2D eigenvalue weighted by atomic mass is 16.3. The third kappa shape index (κ3) is 1.54. The van der Waals surface area contributed by atoms with E-state index < -0.39 is 0 Å². The highest BCUT2D eigenvalue weighted by Gasteiger charge is 2.61. The van der Waals surface area contributed by atoms with Crippen molar-refractivity contribution in [2.75, 3.05) is 0 Å². The molecule has 0 radical (unpaired) electrons. The Bertz CT molecular complexity index is 573. The van der Waals surface area contributed by atoms with Crippen LogP contribution in [0.15, 0.2) is 12.1 Å². The number of aldehydes is 1. The van der Waals surface area contributed by atoms with Crippen molar-refractivity contribution >= 4 is 6.29 Å². The van der Waals surface area contributed by atoms with Crippen LogP contribution >= 0.6 is 0 Å². The fourth-order valence-corrected chi connectivity index (χ4v) is 4.87. The molecule has 0 spiro atoms. The summed E-state index contributed by atoms with van der Waals surface area (Å²) in [5.41, 5.74) is 3.02. The number of fused-ring (bicyclic) bond motifs is 2. The number of phenols is 1. The van der Waals surface area contributed by atoms with Crippen molar-refractivity contribution in [3.8, 4) is 5.75 Å². The second kappa shape index (κ2) is 4.09. The maximum absolute atomic E-state index is 11.2. The maximum Gasteiger partial charge on any atom is 0.153 e. The smallest absolute Gasteiger partial charge is 0.153 e. The Morgan fingerprint density at radius 1 is 1.30 bits per heavy atom. The highest BCUT2D eigenvalue weighted by Crippen LogP contribution is 2.71. The molecule has 2 heteroatoms. The largest absolute Gasteiger partial charge is 0.507 e. The molecule has 2 aliphatic rings. The molecule has 108 valence electrons. The van der Waals surface area contributed by atoms with Gasteiger partial charge in [-0.2, -0.15) is 0 Å². The molecule has 2 saturated carbocycles. The number of rotatable bonds is 2. The van der Waals surface area contributed by atoms with Gasteiger partial charge < -0.3 is 5.11 Å². The molecule has 0 amide bonds. The number of carbonyl (C=O) groups excluding carboxylic acids is 1. The Kier molecular flexibility index (Phi) is 2.80. The van der Waals surface area contributed by atoms with Gasteiger partial charge in [0.05, 0.1) is 5.56 Å². The summed E-state index contributed by atoms with van der Waals surface area (Å²) in [4.78, 5) is 11.2. The van der Waals surface area contributed by atoms with Crippen LogP contribution in [0.2, 0.25) is 0 Å². The van der Waals surface area contributed by atoms with Gasteiger partial charge >= 0.3 is 0 Å². The van der Waals surface area contributed by atoms with Crippen LogP contribution < -0.4 is 0 Å². The topological polar surface area (TPSA) is 37.3 Å². The number of benzene rings is 1. The number of carbonyl (C=O) groups is 1. The highest BCUT2D eigenvalue weighted by molar-refractivity contribution is 5.80. The van der Waals surface area contributed by atoms with Gasteiger partial charge in [0, 0.05) is 0 Å². The molecule has 0 aromatic heterocycles. The number of hydrogen-bond acceptors (Lipinski definition) is 2. The lowest BCUT2D eigenvalue weighted by Crippen LogP contribution is -2.31. The zero-order valence-corrected chi connectivity index (χ0v) is 12.9. The predicted molar refractivity (Wildman–Crippen MR) is 80.2 cm³/mol. The van der Waals surface area contributed by atoms with Crippen molar-refractivity contribution in [2.45, 2.75) is 52.9 Å². The molecule has 0 unspecified atom stereocenters. The van der Waals surface area contributed by atoms with Gasteiger partial charge in [-0.25, -0.2) is 0 Å². The Morgan fingerprint density at radius 3 is 2.50 bits per heavy atom. The van der Waals surface area contributed by atoms with E-state index in [0.717, 1.165) is 29.8 Å². The summed E-state index contributed by atoms with van der Waals surface area (Å²) in [6, 6.07) is 3.85. The van der Waals surface area contributed by atoms with Crippen LogP contribution in [0.1, 0.15) is 67.4 Å². The fraction of sp³-hybridized carbons (Fsp3) is 0.611. The number of hydrogen-bond donors (Lipinski definition) is 1. The fourth-order valence-electron chi connectivity index (χ4n) is 4.87. The third-order valence-corrected chi connectivity index (χ3v) is 6.61. The Balaban J connectivity index is 2.12. The van der Waals surface area contributed by atoms with E-state index in [-0.39, 0.29) is 11.2 Å². The molecule has 3 atom stereocenters. The SMILES string of the molecule is Cc1cc(C=O)c(O)c([C@@H]2C[C@@H]3CC[C@@]2(C)C3(C)C)c1. The van der Waals surface area contributed by atoms with Crippen LogP contribution in [-0.2, 0) is 0 Å². The van der Waals surface area contributed by atoms with Crippen LogP contribution in [0.25, 0.3) is 0 Å². The van der Waals surface area contributed by atoms with Crippen molar-refractivity contribution in [3.05, 3.63) is 28.8 Å². The van der Waals surface area contributed by atoms with Crippen molar-refractivity contribution < 1.29 is 9.90 Å². The molecule has 2 nitrogen and oxygen atoms in total. The molecule has 2 bridgehead atoms. The molecule has 0 aliphatic heterocycles. The monoisotopic (exact) mass is 272 g/mol. The minimum absolute atomic E-state index is 0.208. The first-order valence-corrected chi connectivity index (χ1v) is 7.60. The molecule has 1 N–H and O–H groups in total. The molecule has 0 saturated heterocycles. The molecule has 2 aliphatic carbocycles. The van der Waals surface area contributed by atoms with Gasteiger partial charge in [0.25, 0.3) is 0 Å². The van der Waals surface area contributed by atoms with E-state index in [1.165, 1.54) is 12.8 Å². The summed E-state index contributed by atoms with van der Waals surface area (Å²) in [6.45, 7) is 9.11. The van der Waals surface area contributed by atoms with Crippen LogP contribution in [-0.4, -0.2) is 11.4 Å². The predicted octanol–water partition coefficient (Wildman–Crippen LogP) is 4.44. The normalized spacial score (nSPS) is 34.4. The van der Waals surface area contributed by atoms with E-state index in [9.17, 15) is 9.90 Å². The van der Waals surface area contributed by atoms with Crippen LogP contribution in [0.5, 0.6) is 5.75 Å². The van der Waals surface area contributed by atoms with E-state index in [1.54, 1.807) is 6.07 Å². The average molecular weight is 272 g/mol. The van der Waals surface area contributed by atoms with E-state index in [0.29, 0.717) is 16.9 Å². The second-order valence-corrected chi connectivity index (χ2v) is 7.57. The van der Waals surface area contributed by atoms with Gasteiger partial charge in [-0.05, 0) is 66.0 Å². The van der Waals surface area contributed by atoms with Crippen molar-refractivity contribution in [1.29, 1.82) is 0 Å². The van der Waals surface area contributed by atoms with Crippen LogP contribution in [0, 0.1) is 23.7 Å². The lowest BCUT2D eigenvalue weighted by atomic mass is 9.64. The lowest BCUT2D eigenvalue weighted by molar-refractivity contribution is 0.111. The van der Waals surface area contributed by atoms with E-state index in [2.05, 4.69) is 26.8 Å². The summed E-state index contributed by atoms with van der Waals surface area (Å²) >= 11 is 0. The molecule has 1 aromatic rings. The van der Waals surface area contributed by atoms with Crippen LogP contribution in [0.3, 0.4) is 0 Å². The second-order valence-electron chi connectivity index (χ2n) is 7.57. The molecule has 3 rings (SSSR count). The lowest BCUT2D eigenvalue weighted by Gasteiger charge is -2.40. The average Bonchev–Trinajstić information content (AvgIpc) is 2.73.